The van der Waals surface area contributed by atoms with Crippen LogP contribution in [0.5, 0.6) is 0 Å². The molecule has 0 fully saturated rings. The summed E-state index contributed by atoms with van der Waals surface area (Å²) < 4.78 is 5.01. The van der Waals surface area contributed by atoms with Gasteiger partial charge in [0, 0.05) is 20.7 Å². The minimum Gasteiger partial charge on any atom is -0.383 e. The van der Waals surface area contributed by atoms with E-state index in [1.165, 1.54) is 0 Å². The number of halogens is 1. The molecule has 1 aromatic rings. The maximum absolute atomic E-state index is 5.88. The third-order valence-electron chi connectivity index (χ3n) is 2.43. The van der Waals surface area contributed by atoms with Gasteiger partial charge >= 0.3 is 0 Å². The van der Waals surface area contributed by atoms with Gasteiger partial charge in [-0.05, 0) is 25.0 Å². The highest BCUT2D eigenvalue weighted by Crippen LogP contribution is 2.22. The summed E-state index contributed by atoms with van der Waals surface area (Å²) in [6.45, 7) is 5.39. The van der Waals surface area contributed by atoms with E-state index in [0.29, 0.717) is 11.8 Å². The second-order valence-corrected chi connectivity index (χ2v) is 3.84. The molecule has 0 aliphatic rings. The van der Waals surface area contributed by atoms with E-state index in [9.17, 15) is 0 Å². The Kier molecular flexibility index (Phi) is 4.29. The van der Waals surface area contributed by atoms with Crippen molar-refractivity contribution in [3.8, 4) is 0 Å². The molecule has 0 saturated carbocycles. The third kappa shape index (κ3) is 2.79. The van der Waals surface area contributed by atoms with E-state index in [4.69, 9.17) is 16.3 Å². The number of hydrogen-bond acceptors (Lipinski definition) is 4. The summed E-state index contributed by atoms with van der Waals surface area (Å²) in [5.74, 6) is 0.856. The zero-order valence-electron chi connectivity index (χ0n) is 9.54. The first kappa shape index (κ1) is 12.2. The van der Waals surface area contributed by atoms with Crippen molar-refractivity contribution in [1.29, 1.82) is 0 Å². The first-order chi connectivity index (χ1) is 7.07. The second kappa shape index (κ2) is 5.28. The van der Waals surface area contributed by atoms with E-state index in [2.05, 4.69) is 10.2 Å². The molecule has 0 aromatic carbocycles. The van der Waals surface area contributed by atoms with Crippen molar-refractivity contribution in [3.05, 3.63) is 16.3 Å². The van der Waals surface area contributed by atoms with Crippen LogP contribution in [0.3, 0.4) is 0 Å². The summed E-state index contributed by atoms with van der Waals surface area (Å²) in [5, 5.41) is 8.45. The normalized spacial score (nSPS) is 10.5. The minimum atomic E-state index is 0.469. The lowest BCUT2D eigenvalue weighted by Crippen LogP contribution is -2.24. The molecule has 0 amide bonds. The number of rotatable bonds is 4. The topological polar surface area (TPSA) is 38.2 Å². The van der Waals surface area contributed by atoms with Crippen LogP contribution >= 0.6 is 11.6 Å². The van der Waals surface area contributed by atoms with Crippen LogP contribution < -0.4 is 4.90 Å². The molecule has 5 heteroatoms. The van der Waals surface area contributed by atoms with Crippen LogP contribution in [0.1, 0.15) is 11.1 Å². The van der Waals surface area contributed by atoms with E-state index in [-0.39, 0.29) is 0 Å². The lowest BCUT2D eigenvalue weighted by atomic mass is 10.2. The Labute approximate surface area is 95.2 Å². The maximum atomic E-state index is 5.88. The van der Waals surface area contributed by atoms with Crippen molar-refractivity contribution in [2.24, 2.45) is 0 Å². The van der Waals surface area contributed by atoms with E-state index in [0.717, 1.165) is 23.5 Å². The molecule has 0 radical (unpaired) electrons. The third-order valence-corrected chi connectivity index (χ3v) is 2.79. The SMILES string of the molecule is COCCN(C)c1nnc(Cl)c(C)c1C. The van der Waals surface area contributed by atoms with Crippen LogP contribution in [0.4, 0.5) is 5.82 Å². The molecule has 0 aliphatic heterocycles. The van der Waals surface area contributed by atoms with Gasteiger partial charge in [-0.1, -0.05) is 11.6 Å². The van der Waals surface area contributed by atoms with E-state index >= 15 is 0 Å². The summed E-state index contributed by atoms with van der Waals surface area (Å²) in [7, 11) is 3.64. The fourth-order valence-corrected chi connectivity index (χ4v) is 1.44. The molecule has 1 heterocycles. The van der Waals surface area contributed by atoms with E-state index in [1.807, 2.05) is 25.8 Å². The van der Waals surface area contributed by atoms with Gasteiger partial charge in [0.1, 0.15) is 0 Å². The van der Waals surface area contributed by atoms with Gasteiger partial charge in [-0.15, -0.1) is 10.2 Å². The molecule has 0 unspecified atom stereocenters. The standard InChI is InChI=1S/C10H16ClN3O/c1-7-8(2)10(13-12-9(7)11)14(3)5-6-15-4/h5-6H2,1-4H3. The molecule has 0 saturated heterocycles. The predicted octanol–water partition coefficient (Wildman–Crippen LogP) is 1.83. The Morgan fingerprint density at radius 2 is 1.93 bits per heavy atom. The molecule has 0 N–H and O–H groups in total. The van der Waals surface area contributed by atoms with Crippen LogP contribution in [-0.2, 0) is 4.74 Å². The first-order valence-corrected chi connectivity index (χ1v) is 5.15. The van der Waals surface area contributed by atoms with Gasteiger partial charge < -0.3 is 9.64 Å². The summed E-state index contributed by atoms with van der Waals surface area (Å²) in [6, 6.07) is 0. The Bertz CT molecular complexity index is 344. The first-order valence-electron chi connectivity index (χ1n) is 4.77. The van der Waals surface area contributed by atoms with Crippen LogP contribution in [-0.4, -0.2) is 37.5 Å². The van der Waals surface area contributed by atoms with Gasteiger partial charge in [0.05, 0.1) is 6.61 Å². The predicted molar refractivity (Wildman–Crippen MR) is 61.7 cm³/mol. The average Bonchev–Trinajstić information content (AvgIpc) is 2.23. The number of anilines is 1. The Balaban J connectivity index is 2.90. The van der Waals surface area contributed by atoms with Gasteiger partial charge in [0.25, 0.3) is 0 Å². The lowest BCUT2D eigenvalue weighted by Gasteiger charge is -2.19. The van der Waals surface area contributed by atoms with Gasteiger partial charge in [0.2, 0.25) is 0 Å². The molecule has 0 aliphatic carbocycles. The van der Waals surface area contributed by atoms with Gasteiger partial charge in [-0.3, -0.25) is 0 Å². The number of ether oxygens (including phenoxy) is 1. The lowest BCUT2D eigenvalue weighted by molar-refractivity contribution is 0.206. The molecule has 4 nitrogen and oxygen atoms in total. The molecule has 0 atom stereocenters. The van der Waals surface area contributed by atoms with E-state index in [1.54, 1.807) is 7.11 Å². The summed E-state index contributed by atoms with van der Waals surface area (Å²) in [4.78, 5) is 2.01. The van der Waals surface area contributed by atoms with Crippen LogP contribution in [0, 0.1) is 13.8 Å². The van der Waals surface area contributed by atoms with Crippen LogP contribution in [0.25, 0.3) is 0 Å². The van der Waals surface area contributed by atoms with Crippen molar-refractivity contribution in [2.45, 2.75) is 13.8 Å². The highest BCUT2D eigenvalue weighted by Gasteiger charge is 2.11. The molecular weight excluding hydrogens is 214 g/mol. The van der Waals surface area contributed by atoms with Gasteiger partial charge in [-0.2, -0.15) is 0 Å². The van der Waals surface area contributed by atoms with Crippen molar-refractivity contribution >= 4 is 17.4 Å². The molecule has 84 valence electrons. The average molecular weight is 230 g/mol. The summed E-state index contributed by atoms with van der Waals surface area (Å²) >= 11 is 5.88. The summed E-state index contributed by atoms with van der Waals surface area (Å²) in [6.07, 6.45) is 0. The molecule has 15 heavy (non-hydrogen) atoms. The monoisotopic (exact) mass is 229 g/mol. The Morgan fingerprint density at radius 3 is 2.53 bits per heavy atom. The summed E-state index contributed by atoms with van der Waals surface area (Å²) in [5.41, 5.74) is 2.04. The largest absolute Gasteiger partial charge is 0.383 e. The molecule has 1 rings (SSSR count). The second-order valence-electron chi connectivity index (χ2n) is 3.48. The quantitative estimate of drug-likeness (QED) is 0.790. The highest BCUT2D eigenvalue weighted by atomic mass is 35.5. The maximum Gasteiger partial charge on any atom is 0.155 e. The van der Waals surface area contributed by atoms with Crippen molar-refractivity contribution in [1.82, 2.24) is 10.2 Å². The molecule has 0 spiro atoms. The number of methoxy groups -OCH3 is 1. The fourth-order valence-electron chi connectivity index (χ4n) is 1.26. The van der Waals surface area contributed by atoms with E-state index < -0.39 is 0 Å². The number of aromatic nitrogens is 2. The number of nitrogens with zero attached hydrogens (tertiary/aromatic N) is 3. The smallest absolute Gasteiger partial charge is 0.155 e. The Morgan fingerprint density at radius 1 is 1.27 bits per heavy atom. The minimum absolute atomic E-state index is 0.469. The van der Waals surface area contributed by atoms with Crippen LogP contribution in [0.15, 0.2) is 0 Å². The van der Waals surface area contributed by atoms with Gasteiger partial charge in [0.15, 0.2) is 11.0 Å². The fraction of sp³-hybridized carbons (Fsp3) is 0.600. The zero-order valence-corrected chi connectivity index (χ0v) is 10.3. The zero-order chi connectivity index (χ0) is 11.4. The number of likely N-dealkylation sites (N-methyl/N-ethyl adjacent to an activating group) is 1. The number of hydrogen-bond donors (Lipinski definition) is 0. The van der Waals surface area contributed by atoms with Crippen LogP contribution in [0.2, 0.25) is 5.15 Å². The highest BCUT2D eigenvalue weighted by molar-refractivity contribution is 6.30. The van der Waals surface area contributed by atoms with Gasteiger partial charge in [-0.25, -0.2) is 0 Å². The molecule has 1 aromatic heterocycles. The van der Waals surface area contributed by atoms with Crippen molar-refractivity contribution in [2.75, 3.05) is 32.2 Å². The van der Waals surface area contributed by atoms with Crippen molar-refractivity contribution in [3.63, 3.8) is 0 Å². The molecular formula is C10H16ClN3O. The van der Waals surface area contributed by atoms with Crippen molar-refractivity contribution < 1.29 is 4.74 Å². The molecule has 0 bridgehead atoms. The Hall–Kier alpha value is -0.870.